The maximum absolute atomic E-state index is 12.2. The van der Waals surface area contributed by atoms with Crippen molar-refractivity contribution in [3.05, 3.63) is 65.9 Å². The summed E-state index contributed by atoms with van der Waals surface area (Å²) < 4.78 is 10.7. The smallest absolute Gasteiger partial charge is 0.323 e. The molecule has 1 heterocycles. The molecule has 0 amide bonds. The highest BCUT2D eigenvalue weighted by atomic mass is 16.5. The second-order valence-electron chi connectivity index (χ2n) is 6.65. The summed E-state index contributed by atoms with van der Waals surface area (Å²) in [7, 11) is 0. The Kier molecular flexibility index (Phi) is 6.45. The number of hydrogen-bond donors (Lipinski definition) is 2. The lowest BCUT2D eigenvalue weighted by molar-refractivity contribution is -0.146. The van der Waals surface area contributed by atoms with Gasteiger partial charge >= 0.3 is 11.9 Å². The van der Waals surface area contributed by atoms with Crippen LogP contribution < -0.4 is 10.5 Å². The van der Waals surface area contributed by atoms with E-state index in [1.165, 1.54) is 0 Å². The van der Waals surface area contributed by atoms with Crippen LogP contribution in [0.25, 0.3) is 10.9 Å². The zero-order valence-electron chi connectivity index (χ0n) is 15.8. The fourth-order valence-electron chi connectivity index (χ4n) is 2.93. The van der Waals surface area contributed by atoms with Crippen LogP contribution >= 0.6 is 0 Å². The summed E-state index contributed by atoms with van der Waals surface area (Å²) in [5, 5.41) is 0.869. The Bertz CT molecular complexity index is 950. The lowest BCUT2D eigenvalue weighted by atomic mass is 10.1. The summed E-state index contributed by atoms with van der Waals surface area (Å²) in [4.78, 5) is 27.1. The third-order valence-corrected chi connectivity index (χ3v) is 4.39. The van der Waals surface area contributed by atoms with Crippen molar-refractivity contribution >= 4 is 22.8 Å². The highest BCUT2D eigenvalue weighted by Crippen LogP contribution is 2.25. The molecule has 1 atom stereocenters. The number of nitrogens with two attached hydrogens (primary N) is 1. The first-order valence-corrected chi connectivity index (χ1v) is 9.33. The van der Waals surface area contributed by atoms with Crippen LogP contribution in [0, 0.1) is 0 Å². The molecule has 0 spiro atoms. The van der Waals surface area contributed by atoms with Gasteiger partial charge < -0.3 is 20.2 Å². The molecule has 0 aliphatic carbocycles. The van der Waals surface area contributed by atoms with Crippen molar-refractivity contribution < 1.29 is 19.1 Å². The molecule has 6 heteroatoms. The molecule has 0 bridgehead atoms. The van der Waals surface area contributed by atoms with E-state index in [1.54, 1.807) is 12.1 Å². The molecule has 3 N–H and O–H groups in total. The summed E-state index contributed by atoms with van der Waals surface area (Å²) >= 11 is 0. The van der Waals surface area contributed by atoms with Gasteiger partial charge in [0.05, 0.1) is 0 Å². The second kappa shape index (κ2) is 9.19. The van der Waals surface area contributed by atoms with Crippen LogP contribution in [0.4, 0.5) is 0 Å². The summed E-state index contributed by atoms with van der Waals surface area (Å²) in [6.07, 6.45) is 3.24. The number of rotatable bonds is 8. The standard InChI is InChI=1S/C22H24N2O4/c1-2-6-21(25)28-17-9-10-20-18(12-17)16(13-24-20)11-19(23)22(26)27-14-15-7-4-3-5-8-15/h3-5,7-10,12-13,19,24H,2,6,11,14,23H2,1H3. The van der Waals surface area contributed by atoms with Gasteiger partial charge in [0, 0.05) is 29.9 Å². The summed E-state index contributed by atoms with van der Waals surface area (Å²) in [6.45, 7) is 2.12. The van der Waals surface area contributed by atoms with Gasteiger partial charge in [-0.15, -0.1) is 0 Å². The van der Waals surface area contributed by atoms with Crippen LogP contribution in [0.15, 0.2) is 54.7 Å². The van der Waals surface area contributed by atoms with E-state index >= 15 is 0 Å². The van der Waals surface area contributed by atoms with E-state index in [2.05, 4.69) is 4.98 Å². The van der Waals surface area contributed by atoms with Gasteiger partial charge in [0.1, 0.15) is 18.4 Å². The van der Waals surface area contributed by atoms with Crippen molar-refractivity contribution in [1.29, 1.82) is 0 Å². The zero-order valence-corrected chi connectivity index (χ0v) is 15.8. The first kappa shape index (κ1) is 19.6. The Balaban J connectivity index is 1.65. The average Bonchev–Trinajstić information content (AvgIpc) is 3.09. The Morgan fingerprint density at radius 2 is 1.93 bits per heavy atom. The molecular formula is C22H24N2O4. The minimum absolute atomic E-state index is 0.193. The van der Waals surface area contributed by atoms with Crippen LogP contribution in [0.5, 0.6) is 5.75 Å². The Morgan fingerprint density at radius 3 is 2.68 bits per heavy atom. The Morgan fingerprint density at radius 1 is 1.14 bits per heavy atom. The first-order chi connectivity index (χ1) is 13.6. The normalized spacial score (nSPS) is 11.9. The fraction of sp³-hybridized carbons (Fsp3) is 0.273. The van der Waals surface area contributed by atoms with Crippen LogP contribution in [0.2, 0.25) is 0 Å². The van der Waals surface area contributed by atoms with Crippen LogP contribution in [0.3, 0.4) is 0 Å². The number of fused-ring (bicyclic) bond motifs is 1. The van der Waals surface area contributed by atoms with E-state index in [0.717, 1.165) is 28.5 Å². The van der Waals surface area contributed by atoms with Gasteiger partial charge in [-0.1, -0.05) is 37.3 Å². The van der Waals surface area contributed by atoms with E-state index in [1.807, 2.05) is 49.5 Å². The lowest BCUT2D eigenvalue weighted by Crippen LogP contribution is -2.34. The molecule has 6 nitrogen and oxygen atoms in total. The van der Waals surface area contributed by atoms with Gasteiger partial charge in [0.2, 0.25) is 0 Å². The molecule has 1 aromatic heterocycles. The molecule has 1 unspecified atom stereocenters. The van der Waals surface area contributed by atoms with Gasteiger partial charge in [0.15, 0.2) is 0 Å². The van der Waals surface area contributed by atoms with Crippen molar-refractivity contribution in [2.75, 3.05) is 0 Å². The van der Waals surface area contributed by atoms with Crippen molar-refractivity contribution in [3.63, 3.8) is 0 Å². The fourth-order valence-corrected chi connectivity index (χ4v) is 2.93. The highest BCUT2D eigenvalue weighted by molar-refractivity contribution is 5.86. The number of nitrogens with one attached hydrogen (secondary N) is 1. The van der Waals surface area contributed by atoms with Crippen molar-refractivity contribution in [2.24, 2.45) is 5.73 Å². The van der Waals surface area contributed by atoms with Gasteiger partial charge in [-0.05, 0) is 35.7 Å². The molecule has 0 aliphatic heterocycles. The van der Waals surface area contributed by atoms with Gasteiger partial charge in [-0.2, -0.15) is 0 Å². The molecule has 2 aromatic carbocycles. The Hall–Kier alpha value is -3.12. The number of carbonyl (C=O) groups is 2. The van der Waals surface area contributed by atoms with Gasteiger partial charge in [-0.3, -0.25) is 9.59 Å². The average molecular weight is 380 g/mol. The SMILES string of the molecule is CCCC(=O)Oc1ccc2[nH]cc(CC(N)C(=O)OCc3ccccc3)c2c1. The zero-order chi connectivity index (χ0) is 19.9. The van der Waals surface area contributed by atoms with Crippen LogP contribution in [-0.2, 0) is 27.4 Å². The molecular weight excluding hydrogens is 356 g/mol. The predicted octanol–water partition coefficient (Wildman–Crippen LogP) is 3.49. The van der Waals surface area contributed by atoms with E-state index in [4.69, 9.17) is 15.2 Å². The number of ether oxygens (including phenoxy) is 2. The number of benzene rings is 2. The quantitative estimate of drug-likeness (QED) is 0.461. The van der Waals surface area contributed by atoms with Gasteiger partial charge in [-0.25, -0.2) is 0 Å². The molecule has 3 aromatic rings. The number of H-pyrrole nitrogens is 1. The molecule has 28 heavy (non-hydrogen) atoms. The summed E-state index contributed by atoms with van der Waals surface area (Å²) in [6, 6.07) is 14.0. The largest absolute Gasteiger partial charge is 0.460 e. The van der Waals surface area contributed by atoms with Crippen molar-refractivity contribution in [2.45, 2.75) is 38.8 Å². The minimum atomic E-state index is -0.783. The van der Waals surface area contributed by atoms with E-state index in [-0.39, 0.29) is 12.6 Å². The monoisotopic (exact) mass is 380 g/mol. The first-order valence-electron chi connectivity index (χ1n) is 9.33. The van der Waals surface area contributed by atoms with Gasteiger partial charge in [0.25, 0.3) is 0 Å². The number of carbonyl (C=O) groups excluding carboxylic acids is 2. The maximum Gasteiger partial charge on any atom is 0.323 e. The lowest BCUT2D eigenvalue weighted by Gasteiger charge is -2.11. The summed E-state index contributed by atoms with van der Waals surface area (Å²) in [5.41, 5.74) is 8.71. The third-order valence-electron chi connectivity index (χ3n) is 4.39. The number of hydrogen-bond acceptors (Lipinski definition) is 5. The minimum Gasteiger partial charge on any atom is -0.460 e. The molecule has 0 saturated carbocycles. The molecule has 0 radical (unpaired) electrons. The Labute approximate surface area is 163 Å². The van der Waals surface area contributed by atoms with Crippen molar-refractivity contribution in [3.8, 4) is 5.75 Å². The van der Waals surface area contributed by atoms with E-state index in [0.29, 0.717) is 18.6 Å². The van der Waals surface area contributed by atoms with Crippen LogP contribution in [-0.4, -0.2) is 23.0 Å². The maximum atomic E-state index is 12.2. The molecule has 0 saturated heterocycles. The number of aromatic amines is 1. The molecule has 0 aliphatic rings. The number of aromatic nitrogens is 1. The van der Waals surface area contributed by atoms with Crippen molar-refractivity contribution in [1.82, 2.24) is 4.98 Å². The van der Waals surface area contributed by atoms with E-state index in [9.17, 15) is 9.59 Å². The number of esters is 2. The third kappa shape index (κ3) is 4.98. The van der Waals surface area contributed by atoms with Crippen LogP contribution in [0.1, 0.15) is 30.9 Å². The molecule has 146 valence electrons. The highest BCUT2D eigenvalue weighted by Gasteiger charge is 2.18. The molecule has 0 fully saturated rings. The predicted molar refractivity (Wildman–Crippen MR) is 107 cm³/mol. The summed E-state index contributed by atoms with van der Waals surface area (Å²) in [5.74, 6) is -0.240. The topological polar surface area (TPSA) is 94.4 Å². The van der Waals surface area contributed by atoms with E-state index < -0.39 is 12.0 Å². The molecule has 3 rings (SSSR count). The second-order valence-corrected chi connectivity index (χ2v) is 6.65.